The summed E-state index contributed by atoms with van der Waals surface area (Å²) in [6, 6.07) is 0.495. The fraction of sp³-hybridized carbons (Fsp3) is 0.727. The number of aryl methyl sites for hydroxylation is 2. The van der Waals surface area contributed by atoms with Crippen molar-refractivity contribution in [2.45, 2.75) is 44.6 Å². The highest BCUT2D eigenvalue weighted by Gasteiger charge is 2.22. The van der Waals surface area contributed by atoms with E-state index in [-0.39, 0.29) is 0 Å². The fourth-order valence-electron chi connectivity index (χ4n) is 2.56. The van der Waals surface area contributed by atoms with Gasteiger partial charge in [0.05, 0.1) is 11.7 Å². The van der Waals surface area contributed by atoms with Gasteiger partial charge in [-0.05, 0) is 38.6 Å². The number of piperidine rings is 1. The molecule has 1 aliphatic heterocycles. The average molecular weight is 191 g/mol. The van der Waals surface area contributed by atoms with Gasteiger partial charge in [0.25, 0.3) is 0 Å². The van der Waals surface area contributed by atoms with Gasteiger partial charge in [-0.3, -0.25) is 0 Å². The van der Waals surface area contributed by atoms with Crippen molar-refractivity contribution in [1.29, 1.82) is 0 Å². The minimum atomic E-state index is 0.495. The van der Waals surface area contributed by atoms with Crippen molar-refractivity contribution in [3.63, 3.8) is 0 Å². The van der Waals surface area contributed by atoms with Gasteiger partial charge >= 0.3 is 0 Å². The molecule has 0 spiro atoms. The van der Waals surface area contributed by atoms with Gasteiger partial charge in [0.15, 0.2) is 0 Å². The normalized spacial score (nSPS) is 26.4. The Kier molecular flexibility index (Phi) is 2.05. The monoisotopic (exact) mass is 191 g/mol. The van der Waals surface area contributed by atoms with E-state index in [1.54, 1.807) is 0 Å². The Morgan fingerprint density at radius 1 is 1.14 bits per heavy atom. The first-order chi connectivity index (χ1) is 6.93. The first kappa shape index (κ1) is 8.48. The zero-order valence-electron chi connectivity index (χ0n) is 8.47. The molecule has 0 aromatic carbocycles. The molecular formula is C11H17N3. The quantitative estimate of drug-likeness (QED) is 0.709. The fourth-order valence-corrected chi connectivity index (χ4v) is 2.56. The number of fused-ring (bicyclic) bond motifs is 1. The van der Waals surface area contributed by atoms with Crippen LogP contribution < -0.4 is 5.32 Å². The SMILES string of the molecule is C1CCC(c2nc3c([nH]2)CCC3)NC1. The molecule has 1 atom stereocenters. The predicted molar refractivity (Wildman–Crippen MR) is 55.2 cm³/mol. The first-order valence-corrected chi connectivity index (χ1v) is 5.74. The highest BCUT2D eigenvalue weighted by atomic mass is 15.0. The van der Waals surface area contributed by atoms with Crippen molar-refractivity contribution < 1.29 is 0 Å². The maximum atomic E-state index is 4.70. The van der Waals surface area contributed by atoms with E-state index >= 15 is 0 Å². The van der Waals surface area contributed by atoms with Gasteiger partial charge in [-0.2, -0.15) is 0 Å². The van der Waals surface area contributed by atoms with Crippen LogP contribution in [0.2, 0.25) is 0 Å². The second kappa shape index (κ2) is 3.39. The topological polar surface area (TPSA) is 40.7 Å². The lowest BCUT2D eigenvalue weighted by molar-refractivity contribution is 0.398. The van der Waals surface area contributed by atoms with E-state index in [1.165, 1.54) is 55.7 Å². The van der Waals surface area contributed by atoms with Gasteiger partial charge in [-0.1, -0.05) is 6.42 Å². The van der Waals surface area contributed by atoms with Crippen molar-refractivity contribution in [2.75, 3.05) is 6.54 Å². The molecule has 2 N–H and O–H groups in total. The molecule has 0 radical (unpaired) electrons. The summed E-state index contributed by atoms with van der Waals surface area (Å²) in [6.07, 6.45) is 7.56. The molecule has 0 bridgehead atoms. The molecule has 76 valence electrons. The molecule has 1 aromatic heterocycles. The average Bonchev–Trinajstić information content (AvgIpc) is 2.78. The number of H-pyrrole nitrogens is 1. The van der Waals surface area contributed by atoms with E-state index in [0.717, 1.165) is 6.54 Å². The van der Waals surface area contributed by atoms with Crippen LogP contribution in [-0.4, -0.2) is 16.5 Å². The molecule has 1 unspecified atom stereocenters. The van der Waals surface area contributed by atoms with Crippen molar-refractivity contribution in [3.05, 3.63) is 17.2 Å². The van der Waals surface area contributed by atoms with Crippen molar-refractivity contribution in [2.24, 2.45) is 0 Å². The minimum Gasteiger partial charge on any atom is -0.344 e. The second-order valence-corrected chi connectivity index (χ2v) is 4.40. The van der Waals surface area contributed by atoms with Crippen LogP contribution in [0, 0.1) is 0 Å². The summed E-state index contributed by atoms with van der Waals surface area (Å²) in [7, 11) is 0. The van der Waals surface area contributed by atoms with Gasteiger partial charge in [0, 0.05) is 5.69 Å². The number of hydrogen-bond acceptors (Lipinski definition) is 2. The highest BCUT2D eigenvalue weighted by Crippen LogP contribution is 2.25. The number of rotatable bonds is 1. The molecule has 3 nitrogen and oxygen atoms in total. The van der Waals surface area contributed by atoms with Crippen LogP contribution in [-0.2, 0) is 12.8 Å². The molecule has 2 aliphatic rings. The molecule has 0 saturated carbocycles. The van der Waals surface area contributed by atoms with Crippen LogP contribution in [0.3, 0.4) is 0 Å². The molecule has 3 rings (SSSR count). The number of imidazole rings is 1. The van der Waals surface area contributed by atoms with Crippen LogP contribution in [0.25, 0.3) is 0 Å². The van der Waals surface area contributed by atoms with Gasteiger partial charge in [0.1, 0.15) is 5.82 Å². The number of hydrogen-bond donors (Lipinski definition) is 2. The summed E-state index contributed by atoms with van der Waals surface area (Å²) >= 11 is 0. The lowest BCUT2D eigenvalue weighted by Gasteiger charge is -2.21. The Bertz CT molecular complexity index is 302. The standard InChI is InChI=1S/C11H17N3/c1-2-7-12-10(4-1)11-13-8-5-3-6-9(8)14-11/h10,12H,1-7H2,(H,13,14). The van der Waals surface area contributed by atoms with Gasteiger partial charge in [-0.15, -0.1) is 0 Å². The summed E-state index contributed by atoms with van der Waals surface area (Å²) in [6.45, 7) is 1.15. The van der Waals surface area contributed by atoms with Crippen molar-refractivity contribution in [1.82, 2.24) is 15.3 Å². The Hall–Kier alpha value is -0.830. The van der Waals surface area contributed by atoms with Crippen molar-refractivity contribution >= 4 is 0 Å². The molecule has 1 saturated heterocycles. The number of nitrogens with one attached hydrogen (secondary N) is 2. The van der Waals surface area contributed by atoms with E-state index in [9.17, 15) is 0 Å². The van der Waals surface area contributed by atoms with Crippen LogP contribution in [0.5, 0.6) is 0 Å². The van der Waals surface area contributed by atoms with Crippen LogP contribution >= 0.6 is 0 Å². The second-order valence-electron chi connectivity index (χ2n) is 4.40. The number of aromatic nitrogens is 2. The Balaban J connectivity index is 1.82. The molecule has 1 aliphatic carbocycles. The Labute approximate surface area is 84.3 Å². The molecular weight excluding hydrogens is 174 g/mol. The molecule has 14 heavy (non-hydrogen) atoms. The molecule has 0 amide bonds. The zero-order valence-corrected chi connectivity index (χ0v) is 8.47. The third-order valence-electron chi connectivity index (χ3n) is 3.36. The van der Waals surface area contributed by atoms with Gasteiger partial charge < -0.3 is 10.3 Å². The maximum Gasteiger partial charge on any atom is 0.123 e. The molecule has 2 heterocycles. The van der Waals surface area contributed by atoms with Crippen LogP contribution in [0.4, 0.5) is 0 Å². The van der Waals surface area contributed by atoms with E-state index in [2.05, 4.69) is 10.3 Å². The minimum absolute atomic E-state index is 0.495. The maximum absolute atomic E-state index is 4.70. The third-order valence-corrected chi connectivity index (χ3v) is 3.36. The zero-order chi connectivity index (χ0) is 9.38. The summed E-state index contributed by atoms with van der Waals surface area (Å²) in [4.78, 5) is 8.19. The predicted octanol–water partition coefficient (Wildman–Crippen LogP) is 1.71. The van der Waals surface area contributed by atoms with Crippen molar-refractivity contribution in [3.8, 4) is 0 Å². The number of nitrogens with zero attached hydrogens (tertiary/aromatic N) is 1. The third kappa shape index (κ3) is 1.36. The summed E-state index contributed by atoms with van der Waals surface area (Å²) in [5.41, 5.74) is 2.72. The highest BCUT2D eigenvalue weighted by molar-refractivity contribution is 5.21. The number of aromatic amines is 1. The Morgan fingerprint density at radius 3 is 2.93 bits per heavy atom. The van der Waals surface area contributed by atoms with E-state index in [0.29, 0.717) is 6.04 Å². The summed E-state index contributed by atoms with van der Waals surface area (Å²) in [5.74, 6) is 1.19. The summed E-state index contributed by atoms with van der Waals surface area (Å²) in [5, 5.41) is 3.53. The molecule has 1 fully saturated rings. The first-order valence-electron chi connectivity index (χ1n) is 5.74. The molecule has 1 aromatic rings. The lowest BCUT2D eigenvalue weighted by Crippen LogP contribution is -2.27. The van der Waals surface area contributed by atoms with E-state index in [4.69, 9.17) is 4.98 Å². The largest absolute Gasteiger partial charge is 0.344 e. The van der Waals surface area contributed by atoms with Gasteiger partial charge in [-0.25, -0.2) is 4.98 Å². The van der Waals surface area contributed by atoms with E-state index in [1.807, 2.05) is 0 Å². The van der Waals surface area contributed by atoms with Gasteiger partial charge in [0.2, 0.25) is 0 Å². The summed E-state index contributed by atoms with van der Waals surface area (Å²) < 4.78 is 0. The smallest absolute Gasteiger partial charge is 0.123 e. The van der Waals surface area contributed by atoms with Crippen LogP contribution in [0.15, 0.2) is 0 Å². The lowest BCUT2D eigenvalue weighted by atomic mass is 10.0. The van der Waals surface area contributed by atoms with Crippen LogP contribution in [0.1, 0.15) is 48.9 Å². The Morgan fingerprint density at radius 2 is 2.14 bits per heavy atom. The van der Waals surface area contributed by atoms with E-state index < -0.39 is 0 Å². The molecule has 3 heteroatoms.